The average molecular weight is 372 g/mol. The van der Waals surface area contributed by atoms with Gasteiger partial charge in [-0.15, -0.1) is 0 Å². The number of anilines is 1. The lowest BCUT2D eigenvalue weighted by atomic mass is 10.0. The predicted molar refractivity (Wildman–Crippen MR) is 98.7 cm³/mol. The second kappa shape index (κ2) is 7.24. The molecular weight excluding hydrogens is 354 g/mol. The summed E-state index contributed by atoms with van der Waals surface area (Å²) in [6.45, 7) is 0.885. The molecule has 2 N–H and O–H groups in total. The van der Waals surface area contributed by atoms with Crippen molar-refractivity contribution in [1.82, 2.24) is 5.01 Å². The number of fused-ring (bicyclic) bond motifs is 1. The standard InChI is InChI=1S/C19H18F2N4O2/c20-7-13(8-22)9-25-11-24(10-23-25)17-3-1-14(5-16(17)21)15-2-4-18-19(6-15)27-12-26-18/h1-7,10H,8-9,11-12,22H2/b13-7+. The van der Waals surface area contributed by atoms with Crippen LogP contribution in [0.25, 0.3) is 11.1 Å². The molecule has 0 aliphatic carbocycles. The quantitative estimate of drug-likeness (QED) is 0.874. The van der Waals surface area contributed by atoms with Crippen LogP contribution in [0.2, 0.25) is 0 Å². The Labute approximate surface area is 155 Å². The van der Waals surface area contributed by atoms with Crippen LogP contribution in [0.1, 0.15) is 0 Å². The molecule has 2 aromatic carbocycles. The summed E-state index contributed by atoms with van der Waals surface area (Å²) in [5, 5.41) is 5.78. The van der Waals surface area contributed by atoms with Gasteiger partial charge in [0.25, 0.3) is 0 Å². The molecule has 8 heteroatoms. The summed E-state index contributed by atoms with van der Waals surface area (Å²) in [6, 6.07) is 10.5. The predicted octanol–water partition coefficient (Wildman–Crippen LogP) is 3.06. The molecule has 0 aromatic heterocycles. The van der Waals surface area contributed by atoms with Crippen molar-refractivity contribution < 1.29 is 18.3 Å². The fraction of sp³-hybridized carbons (Fsp3) is 0.211. The van der Waals surface area contributed by atoms with Gasteiger partial charge in [0.2, 0.25) is 6.79 Å². The maximum absolute atomic E-state index is 14.7. The highest BCUT2D eigenvalue weighted by atomic mass is 19.1. The van der Waals surface area contributed by atoms with E-state index < -0.39 is 0 Å². The van der Waals surface area contributed by atoms with E-state index in [9.17, 15) is 8.78 Å². The van der Waals surface area contributed by atoms with E-state index in [1.807, 2.05) is 24.3 Å². The Morgan fingerprint density at radius 2 is 1.93 bits per heavy atom. The van der Waals surface area contributed by atoms with E-state index in [2.05, 4.69) is 5.10 Å². The summed E-state index contributed by atoms with van der Waals surface area (Å²) in [5.41, 5.74) is 7.84. The summed E-state index contributed by atoms with van der Waals surface area (Å²) in [4.78, 5) is 1.66. The van der Waals surface area contributed by atoms with E-state index in [4.69, 9.17) is 15.2 Å². The second-order valence-electron chi connectivity index (χ2n) is 6.21. The van der Waals surface area contributed by atoms with Crippen molar-refractivity contribution in [2.75, 3.05) is 31.5 Å². The monoisotopic (exact) mass is 372 g/mol. The van der Waals surface area contributed by atoms with Crippen molar-refractivity contribution in [3.63, 3.8) is 0 Å². The smallest absolute Gasteiger partial charge is 0.231 e. The van der Waals surface area contributed by atoms with Crippen molar-refractivity contribution in [1.29, 1.82) is 0 Å². The minimum atomic E-state index is -0.376. The van der Waals surface area contributed by atoms with Gasteiger partial charge in [-0.1, -0.05) is 12.1 Å². The van der Waals surface area contributed by atoms with Crippen LogP contribution in [0.15, 0.2) is 53.4 Å². The largest absolute Gasteiger partial charge is 0.454 e. The van der Waals surface area contributed by atoms with Crippen LogP contribution in [-0.4, -0.2) is 37.9 Å². The number of rotatable bonds is 5. The minimum Gasteiger partial charge on any atom is -0.454 e. The molecule has 0 bridgehead atoms. The third-order valence-electron chi connectivity index (χ3n) is 4.44. The lowest BCUT2D eigenvalue weighted by Gasteiger charge is -2.20. The molecule has 0 spiro atoms. The fourth-order valence-corrected chi connectivity index (χ4v) is 2.99. The topological polar surface area (TPSA) is 63.3 Å². The Morgan fingerprint density at radius 1 is 1.15 bits per heavy atom. The molecule has 0 fully saturated rings. The third kappa shape index (κ3) is 3.43. The highest BCUT2D eigenvalue weighted by molar-refractivity contribution is 5.82. The van der Waals surface area contributed by atoms with Gasteiger partial charge in [-0.05, 0) is 41.0 Å². The molecule has 0 radical (unpaired) electrons. The van der Waals surface area contributed by atoms with Crippen LogP contribution < -0.4 is 20.1 Å². The molecule has 0 amide bonds. The molecule has 2 aromatic rings. The van der Waals surface area contributed by atoms with Crippen molar-refractivity contribution in [2.24, 2.45) is 10.8 Å². The van der Waals surface area contributed by atoms with E-state index >= 15 is 0 Å². The fourth-order valence-electron chi connectivity index (χ4n) is 2.99. The van der Waals surface area contributed by atoms with Crippen molar-refractivity contribution >= 4 is 12.0 Å². The highest BCUT2D eigenvalue weighted by Gasteiger charge is 2.20. The number of ether oxygens (including phenoxy) is 2. The van der Waals surface area contributed by atoms with Crippen molar-refractivity contribution in [2.45, 2.75) is 0 Å². The SMILES string of the molecule is NC/C(=C\F)CN1CN(c2ccc(-c3ccc4c(c3)OCO4)cc2F)C=N1. The molecule has 140 valence electrons. The first-order valence-corrected chi connectivity index (χ1v) is 8.41. The van der Waals surface area contributed by atoms with Crippen LogP contribution >= 0.6 is 0 Å². The third-order valence-corrected chi connectivity index (χ3v) is 4.44. The Morgan fingerprint density at radius 3 is 2.70 bits per heavy atom. The number of benzene rings is 2. The summed E-state index contributed by atoms with van der Waals surface area (Å²) >= 11 is 0. The van der Waals surface area contributed by atoms with Crippen molar-refractivity contribution in [3.8, 4) is 22.6 Å². The second-order valence-corrected chi connectivity index (χ2v) is 6.21. The molecule has 27 heavy (non-hydrogen) atoms. The van der Waals surface area contributed by atoms with E-state index in [1.165, 1.54) is 12.4 Å². The van der Waals surface area contributed by atoms with E-state index in [0.717, 1.165) is 11.1 Å². The molecule has 2 heterocycles. The number of hydrogen-bond acceptors (Lipinski definition) is 6. The molecule has 0 saturated carbocycles. The maximum atomic E-state index is 14.7. The van der Waals surface area contributed by atoms with Gasteiger partial charge in [0.1, 0.15) is 18.8 Å². The first-order chi connectivity index (χ1) is 13.2. The van der Waals surface area contributed by atoms with Crippen LogP contribution in [-0.2, 0) is 0 Å². The zero-order valence-corrected chi connectivity index (χ0v) is 14.4. The number of nitrogens with zero attached hydrogens (tertiary/aromatic N) is 3. The number of nitrogens with two attached hydrogens (primary N) is 1. The molecule has 6 nitrogen and oxygen atoms in total. The van der Waals surface area contributed by atoms with Crippen LogP contribution in [0.3, 0.4) is 0 Å². The van der Waals surface area contributed by atoms with Crippen LogP contribution in [0, 0.1) is 5.82 Å². The summed E-state index contributed by atoms with van der Waals surface area (Å²) < 4.78 is 38.1. The molecule has 4 rings (SSSR count). The normalized spacial score (nSPS) is 15.7. The number of halogens is 2. The number of hydrazone groups is 1. The lowest BCUT2D eigenvalue weighted by molar-refractivity contribution is 0.174. The minimum absolute atomic E-state index is 0.112. The first kappa shape index (κ1) is 17.3. The van der Waals surface area contributed by atoms with Gasteiger partial charge in [-0.25, -0.2) is 8.78 Å². The van der Waals surface area contributed by atoms with Gasteiger partial charge in [0.15, 0.2) is 11.5 Å². The van der Waals surface area contributed by atoms with Crippen molar-refractivity contribution in [3.05, 3.63) is 54.1 Å². The molecule has 0 unspecified atom stereocenters. The van der Waals surface area contributed by atoms with Gasteiger partial charge in [0, 0.05) is 6.54 Å². The Hall–Kier alpha value is -3.13. The van der Waals surface area contributed by atoms with E-state index in [-0.39, 0.29) is 25.7 Å². The van der Waals surface area contributed by atoms with Gasteiger partial charge in [-0.3, -0.25) is 5.01 Å². The summed E-state index contributed by atoms with van der Waals surface area (Å²) in [5.74, 6) is 0.956. The van der Waals surface area contributed by atoms with Gasteiger partial charge < -0.3 is 20.1 Å². The average Bonchev–Trinajstić information content (AvgIpc) is 3.34. The Kier molecular flexibility index (Phi) is 4.64. The first-order valence-electron chi connectivity index (χ1n) is 8.41. The Bertz CT molecular complexity index is 917. The molecular formula is C19H18F2N4O2. The summed E-state index contributed by atoms with van der Waals surface area (Å²) in [7, 11) is 0. The van der Waals surface area contributed by atoms with Gasteiger partial charge >= 0.3 is 0 Å². The lowest BCUT2D eigenvalue weighted by Crippen LogP contribution is -2.29. The van der Waals surface area contributed by atoms with Gasteiger partial charge in [-0.2, -0.15) is 5.10 Å². The number of hydrogen-bond donors (Lipinski definition) is 1. The van der Waals surface area contributed by atoms with Gasteiger partial charge in [0.05, 0.1) is 18.6 Å². The zero-order valence-electron chi connectivity index (χ0n) is 14.4. The summed E-state index contributed by atoms with van der Waals surface area (Å²) in [6.07, 6.45) is 2.00. The maximum Gasteiger partial charge on any atom is 0.231 e. The molecule has 0 saturated heterocycles. The zero-order chi connectivity index (χ0) is 18.8. The van der Waals surface area contributed by atoms with Crippen LogP contribution in [0.5, 0.6) is 11.5 Å². The van der Waals surface area contributed by atoms with Crippen LogP contribution in [0.4, 0.5) is 14.5 Å². The molecule has 0 atom stereocenters. The molecule has 2 aliphatic rings. The van der Waals surface area contributed by atoms with E-state index in [0.29, 0.717) is 35.8 Å². The molecule has 2 aliphatic heterocycles. The highest BCUT2D eigenvalue weighted by Crippen LogP contribution is 2.36. The van der Waals surface area contributed by atoms with E-state index in [1.54, 1.807) is 16.0 Å². The Balaban J connectivity index is 1.50.